The van der Waals surface area contributed by atoms with Crippen molar-refractivity contribution in [3.8, 4) is 44.5 Å². The molecule has 286 valence electrons. The van der Waals surface area contributed by atoms with Crippen LogP contribution in [0.2, 0.25) is 0 Å². The van der Waals surface area contributed by atoms with Crippen LogP contribution >= 0.6 is 0 Å². The van der Waals surface area contributed by atoms with Gasteiger partial charge in [0.15, 0.2) is 0 Å². The number of rotatable bonds is 4. The Morgan fingerprint density at radius 3 is 0.661 bits per heavy atom. The molecule has 0 aliphatic carbocycles. The first-order valence-corrected chi connectivity index (χ1v) is 21.6. The summed E-state index contributed by atoms with van der Waals surface area (Å²) in [5.74, 6) is 0. The first kappa shape index (κ1) is 34.8. The largest absolute Gasteiger partial charge is 0.0616 e. The topological polar surface area (TPSA) is 0 Å². The maximum atomic E-state index is 2.40. The van der Waals surface area contributed by atoms with Gasteiger partial charge in [0.25, 0.3) is 0 Å². The summed E-state index contributed by atoms with van der Waals surface area (Å²) >= 11 is 0. The van der Waals surface area contributed by atoms with Gasteiger partial charge >= 0.3 is 0 Å². The molecule has 13 rings (SSSR count). The van der Waals surface area contributed by atoms with Crippen molar-refractivity contribution in [3.05, 3.63) is 231 Å². The Morgan fingerprint density at radius 2 is 0.355 bits per heavy atom. The average Bonchev–Trinajstić information content (AvgIpc) is 3.35. The maximum Gasteiger partial charge on any atom is -0.00262 e. The van der Waals surface area contributed by atoms with E-state index in [1.807, 2.05) is 0 Å². The van der Waals surface area contributed by atoms with Gasteiger partial charge in [-0.15, -0.1) is 0 Å². The van der Waals surface area contributed by atoms with E-state index < -0.39 is 0 Å². The monoisotopic (exact) mass is 782 g/mol. The van der Waals surface area contributed by atoms with E-state index in [4.69, 9.17) is 0 Å². The molecule has 0 heterocycles. The van der Waals surface area contributed by atoms with Gasteiger partial charge < -0.3 is 0 Å². The molecule has 0 aliphatic heterocycles. The molecule has 0 unspecified atom stereocenters. The van der Waals surface area contributed by atoms with Crippen molar-refractivity contribution in [2.75, 3.05) is 0 Å². The Labute approximate surface area is 359 Å². The molecule has 62 heavy (non-hydrogen) atoms. The van der Waals surface area contributed by atoms with E-state index in [1.165, 1.54) is 131 Å². The van der Waals surface area contributed by atoms with Crippen molar-refractivity contribution in [1.29, 1.82) is 0 Å². The summed E-state index contributed by atoms with van der Waals surface area (Å²) in [5, 5.41) is 20.5. The van der Waals surface area contributed by atoms with Crippen molar-refractivity contribution in [2.24, 2.45) is 0 Å². The highest BCUT2D eigenvalue weighted by Crippen LogP contribution is 2.46. The molecule has 0 atom stereocenters. The summed E-state index contributed by atoms with van der Waals surface area (Å²) in [4.78, 5) is 0. The van der Waals surface area contributed by atoms with Crippen molar-refractivity contribution >= 4 is 86.2 Å². The van der Waals surface area contributed by atoms with E-state index in [2.05, 4.69) is 231 Å². The Hall–Kier alpha value is -8.06. The fraction of sp³-hybridized carbons (Fsp3) is 0. The van der Waals surface area contributed by atoms with E-state index in [-0.39, 0.29) is 0 Å². The molecule has 0 bridgehead atoms. The molecule has 0 aliphatic rings. The number of hydrogen-bond donors (Lipinski definition) is 0. The fourth-order valence-electron chi connectivity index (χ4n) is 10.6. The van der Waals surface area contributed by atoms with E-state index in [1.54, 1.807) is 0 Å². The highest BCUT2D eigenvalue weighted by Gasteiger charge is 2.18. The first-order valence-electron chi connectivity index (χ1n) is 21.6. The van der Waals surface area contributed by atoms with E-state index in [0.29, 0.717) is 0 Å². The predicted molar refractivity (Wildman–Crippen MR) is 268 cm³/mol. The molecule has 13 aromatic rings. The lowest BCUT2D eigenvalue weighted by Gasteiger charge is -2.19. The lowest BCUT2D eigenvalue weighted by molar-refractivity contribution is 1.62. The molecule has 0 radical (unpaired) electrons. The van der Waals surface area contributed by atoms with Crippen LogP contribution in [0, 0.1) is 0 Å². The minimum absolute atomic E-state index is 1.21. The Bertz CT molecular complexity index is 3590. The Kier molecular flexibility index (Phi) is 7.71. The average molecular weight is 783 g/mol. The number of benzene rings is 13. The van der Waals surface area contributed by atoms with Crippen LogP contribution in [-0.2, 0) is 0 Å². The molecule has 0 amide bonds. The quantitative estimate of drug-likeness (QED) is 0.123. The maximum absolute atomic E-state index is 2.40. The second kappa shape index (κ2) is 13.7. The van der Waals surface area contributed by atoms with Gasteiger partial charge in [0.1, 0.15) is 0 Å². The molecule has 0 aromatic heterocycles. The smallest absolute Gasteiger partial charge is 0.00262 e. The van der Waals surface area contributed by atoms with Crippen LogP contribution in [0.1, 0.15) is 0 Å². The van der Waals surface area contributed by atoms with E-state index in [9.17, 15) is 0 Å². The van der Waals surface area contributed by atoms with Crippen molar-refractivity contribution in [2.45, 2.75) is 0 Å². The lowest BCUT2D eigenvalue weighted by Crippen LogP contribution is -1.92. The van der Waals surface area contributed by atoms with Gasteiger partial charge in [0, 0.05) is 0 Å². The number of hydrogen-bond acceptors (Lipinski definition) is 0. The van der Waals surface area contributed by atoms with Crippen LogP contribution in [0.3, 0.4) is 0 Å². The van der Waals surface area contributed by atoms with Crippen LogP contribution in [0.5, 0.6) is 0 Å². The van der Waals surface area contributed by atoms with Gasteiger partial charge in [-0.1, -0.05) is 206 Å². The summed E-state index contributed by atoms with van der Waals surface area (Å²) < 4.78 is 0. The van der Waals surface area contributed by atoms with Gasteiger partial charge in [-0.25, -0.2) is 0 Å². The summed E-state index contributed by atoms with van der Waals surface area (Å²) in [6.07, 6.45) is 0. The van der Waals surface area contributed by atoms with Gasteiger partial charge in [-0.05, 0) is 155 Å². The molecule has 0 saturated carbocycles. The molecular formula is C62H38. The van der Waals surface area contributed by atoms with Gasteiger partial charge in [-0.3, -0.25) is 0 Å². The van der Waals surface area contributed by atoms with Crippen molar-refractivity contribution in [1.82, 2.24) is 0 Å². The first-order chi connectivity index (χ1) is 30.8. The molecule has 13 aromatic carbocycles. The van der Waals surface area contributed by atoms with Gasteiger partial charge in [-0.2, -0.15) is 0 Å². The Morgan fingerprint density at radius 1 is 0.129 bits per heavy atom. The molecule has 0 fully saturated rings. The second-order valence-electron chi connectivity index (χ2n) is 16.7. The molecule has 0 nitrogen and oxygen atoms in total. The van der Waals surface area contributed by atoms with Crippen LogP contribution in [0.15, 0.2) is 231 Å². The molecule has 0 N–H and O–H groups in total. The minimum Gasteiger partial charge on any atom is -0.0616 e. The van der Waals surface area contributed by atoms with Crippen LogP contribution in [0.25, 0.3) is 131 Å². The predicted octanol–water partition coefficient (Wildman–Crippen LogP) is 17.6. The van der Waals surface area contributed by atoms with Gasteiger partial charge in [0.2, 0.25) is 0 Å². The normalized spacial score (nSPS) is 11.9. The van der Waals surface area contributed by atoms with E-state index >= 15 is 0 Å². The van der Waals surface area contributed by atoms with Gasteiger partial charge in [0.05, 0.1) is 0 Å². The third-order valence-corrected chi connectivity index (χ3v) is 13.4. The van der Waals surface area contributed by atoms with Crippen LogP contribution in [0.4, 0.5) is 0 Å². The molecular weight excluding hydrogens is 745 g/mol. The SMILES string of the molecule is c1cc(-c2ccc3c4ccccc4c4ccccc4c3c2)cc(-c2c3ccccc3c(-c3cccc(-c4ccc5c6ccccc6c6ccccc6c5c4)c3)c3ccccc23)c1. The molecule has 0 spiro atoms. The summed E-state index contributed by atoms with van der Waals surface area (Å²) in [5.41, 5.74) is 9.83. The lowest BCUT2D eigenvalue weighted by atomic mass is 9.84. The highest BCUT2D eigenvalue weighted by molar-refractivity contribution is 6.27. The zero-order valence-electron chi connectivity index (χ0n) is 33.9. The standard InChI is InChI=1S/C62H38/c1-3-23-49-45(19-1)47-21-5-7-25-51(47)59-37-41(31-33-53(49)59)39-15-13-17-43(35-39)61-55-27-9-11-29-57(55)62(58-30-12-10-28-56(58)61)44-18-14-16-40(36-44)42-32-34-54-50-24-4-2-20-46(50)48-22-6-8-26-52(48)60(54)38-42/h1-38H. The fourth-order valence-corrected chi connectivity index (χ4v) is 10.6. The van der Waals surface area contributed by atoms with Crippen molar-refractivity contribution in [3.63, 3.8) is 0 Å². The summed E-state index contributed by atoms with van der Waals surface area (Å²) in [7, 11) is 0. The highest BCUT2D eigenvalue weighted by atomic mass is 14.2. The zero-order chi connectivity index (χ0) is 40.7. The summed E-state index contributed by atoms with van der Waals surface area (Å²) in [6, 6.07) is 85.6. The van der Waals surface area contributed by atoms with Crippen molar-refractivity contribution < 1.29 is 0 Å². The third kappa shape index (κ3) is 5.27. The molecule has 0 heteroatoms. The molecule has 0 saturated heterocycles. The summed E-state index contributed by atoms with van der Waals surface area (Å²) in [6.45, 7) is 0. The Balaban J connectivity index is 0.973. The van der Waals surface area contributed by atoms with Crippen LogP contribution < -0.4 is 0 Å². The third-order valence-electron chi connectivity index (χ3n) is 13.4. The van der Waals surface area contributed by atoms with Crippen LogP contribution in [-0.4, -0.2) is 0 Å². The minimum atomic E-state index is 1.21. The van der Waals surface area contributed by atoms with E-state index in [0.717, 1.165) is 0 Å². The zero-order valence-corrected chi connectivity index (χ0v) is 33.9. The second-order valence-corrected chi connectivity index (χ2v) is 16.7. The number of fused-ring (bicyclic) bond motifs is 14.